The first-order valence-corrected chi connectivity index (χ1v) is 5.48. The number of carbonyl (C=O) groups is 2. The smallest absolute Gasteiger partial charge is 0.410 e. The van der Waals surface area contributed by atoms with E-state index in [1.54, 1.807) is 20.8 Å². The van der Waals surface area contributed by atoms with E-state index in [-0.39, 0.29) is 13.0 Å². The molecule has 0 rings (SSSR count). The van der Waals surface area contributed by atoms with E-state index in [0.717, 1.165) is 4.90 Å². The molecule has 0 heterocycles. The van der Waals surface area contributed by atoms with Gasteiger partial charge >= 0.3 is 12.1 Å². The Kier molecular flexibility index (Phi) is 5.95. The Hall–Kier alpha value is -1.30. The number of carboxylic acids is 1. The minimum atomic E-state index is -1.10. The van der Waals surface area contributed by atoms with Crippen LogP contribution in [-0.2, 0) is 9.53 Å². The number of aliphatic hydroxyl groups is 1. The van der Waals surface area contributed by atoms with Crippen LogP contribution in [0.2, 0.25) is 0 Å². The molecule has 0 aliphatic carbocycles. The van der Waals surface area contributed by atoms with E-state index in [2.05, 4.69) is 0 Å². The summed E-state index contributed by atoms with van der Waals surface area (Å²) in [5, 5.41) is 17.7. The van der Waals surface area contributed by atoms with E-state index in [1.165, 1.54) is 7.05 Å². The van der Waals surface area contributed by atoms with Gasteiger partial charge < -0.3 is 14.9 Å². The van der Waals surface area contributed by atoms with Crippen molar-refractivity contribution >= 4 is 12.1 Å². The lowest BCUT2D eigenvalue weighted by molar-refractivity contribution is -0.143. The molecule has 1 atom stereocenters. The first kappa shape index (κ1) is 15.7. The number of nitrogens with zero attached hydrogens (tertiary/aromatic N) is 1. The number of aliphatic hydroxyl groups excluding tert-OH is 1. The molecule has 0 fully saturated rings. The maximum atomic E-state index is 11.6. The highest BCUT2D eigenvalue weighted by molar-refractivity contribution is 5.79. The van der Waals surface area contributed by atoms with E-state index in [1.807, 2.05) is 0 Å². The fourth-order valence-electron chi connectivity index (χ4n) is 1.23. The molecule has 100 valence electrons. The van der Waals surface area contributed by atoms with Gasteiger partial charge in [-0.1, -0.05) is 0 Å². The summed E-state index contributed by atoms with van der Waals surface area (Å²) in [5.41, 5.74) is -0.661. The molecule has 0 aromatic rings. The molecule has 0 radical (unpaired) electrons. The maximum Gasteiger partial charge on any atom is 0.410 e. The fraction of sp³-hybridized carbons (Fsp3) is 0.818. The van der Waals surface area contributed by atoms with Crippen LogP contribution in [0.1, 0.15) is 33.6 Å². The molecule has 0 spiro atoms. The van der Waals surface area contributed by atoms with Crippen LogP contribution in [0.25, 0.3) is 0 Å². The summed E-state index contributed by atoms with van der Waals surface area (Å²) < 4.78 is 5.07. The van der Waals surface area contributed by atoms with Crippen LogP contribution in [0.5, 0.6) is 0 Å². The largest absolute Gasteiger partial charge is 0.480 e. The third kappa shape index (κ3) is 6.11. The average molecular weight is 247 g/mol. The van der Waals surface area contributed by atoms with Crippen LogP contribution >= 0.6 is 0 Å². The van der Waals surface area contributed by atoms with Gasteiger partial charge in [0.05, 0.1) is 0 Å². The van der Waals surface area contributed by atoms with Crippen molar-refractivity contribution in [1.82, 2.24) is 4.90 Å². The Morgan fingerprint density at radius 1 is 1.35 bits per heavy atom. The summed E-state index contributed by atoms with van der Waals surface area (Å²) in [6.45, 7) is 5.03. The van der Waals surface area contributed by atoms with Crippen molar-refractivity contribution in [3.8, 4) is 0 Å². The third-order valence-corrected chi connectivity index (χ3v) is 2.07. The Labute approximate surface area is 101 Å². The van der Waals surface area contributed by atoms with Crippen molar-refractivity contribution in [2.24, 2.45) is 0 Å². The van der Waals surface area contributed by atoms with E-state index >= 15 is 0 Å². The minimum Gasteiger partial charge on any atom is -0.480 e. The molecule has 2 N–H and O–H groups in total. The van der Waals surface area contributed by atoms with Crippen molar-refractivity contribution < 1.29 is 24.5 Å². The molecule has 0 aliphatic rings. The second kappa shape index (κ2) is 6.44. The molecule has 0 aromatic heterocycles. The summed E-state index contributed by atoms with van der Waals surface area (Å²) in [7, 11) is 1.38. The van der Waals surface area contributed by atoms with E-state index in [9.17, 15) is 9.59 Å². The van der Waals surface area contributed by atoms with Crippen LogP contribution in [0.15, 0.2) is 0 Å². The van der Waals surface area contributed by atoms with Crippen molar-refractivity contribution in [3.63, 3.8) is 0 Å². The lowest BCUT2D eigenvalue weighted by atomic mass is 10.1. The topological polar surface area (TPSA) is 87.1 Å². The van der Waals surface area contributed by atoms with Crippen molar-refractivity contribution in [2.75, 3.05) is 13.7 Å². The highest BCUT2D eigenvalue weighted by Crippen LogP contribution is 2.13. The summed E-state index contributed by atoms with van der Waals surface area (Å²) in [5.74, 6) is -1.10. The van der Waals surface area contributed by atoms with Gasteiger partial charge in [-0.15, -0.1) is 0 Å². The molecular formula is C11H21NO5. The highest BCUT2D eigenvalue weighted by atomic mass is 16.6. The van der Waals surface area contributed by atoms with Crippen molar-refractivity contribution in [2.45, 2.75) is 45.3 Å². The number of hydrogen-bond donors (Lipinski definition) is 2. The summed E-state index contributed by atoms with van der Waals surface area (Å²) in [4.78, 5) is 23.7. The number of ether oxygens (including phenoxy) is 1. The third-order valence-electron chi connectivity index (χ3n) is 2.07. The van der Waals surface area contributed by atoms with Gasteiger partial charge in [-0.05, 0) is 33.6 Å². The van der Waals surface area contributed by atoms with Crippen LogP contribution in [0.4, 0.5) is 4.79 Å². The molecule has 0 bridgehead atoms. The van der Waals surface area contributed by atoms with Gasteiger partial charge in [-0.25, -0.2) is 9.59 Å². The zero-order chi connectivity index (χ0) is 13.6. The molecule has 1 amide bonds. The van der Waals surface area contributed by atoms with Crippen LogP contribution in [0.3, 0.4) is 0 Å². The van der Waals surface area contributed by atoms with Gasteiger partial charge in [0.25, 0.3) is 0 Å². The van der Waals surface area contributed by atoms with E-state index in [0.29, 0.717) is 6.42 Å². The number of carboxylic acid groups (broad SMARTS) is 1. The number of rotatable bonds is 5. The Morgan fingerprint density at radius 2 is 1.88 bits per heavy atom. The monoisotopic (exact) mass is 247 g/mol. The van der Waals surface area contributed by atoms with Crippen LogP contribution in [0, 0.1) is 0 Å². The number of hydrogen-bond acceptors (Lipinski definition) is 4. The van der Waals surface area contributed by atoms with Gasteiger partial charge in [0.2, 0.25) is 0 Å². The van der Waals surface area contributed by atoms with Crippen LogP contribution in [-0.4, -0.2) is 52.5 Å². The molecule has 0 saturated carbocycles. The number of aliphatic carboxylic acids is 1. The number of likely N-dealkylation sites (N-methyl/N-ethyl adjacent to an activating group) is 1. The second-order valence-electron chi connectivity index (χ2n) is 4.81. The van der Waals surface area contributed by atoms with Crippen LogP contribution < -0.4 is 0 Å². The summed E-state index contributed by atoms with van der Waals surface area (Å²) in [6.07, 6.45) is -0.158. The SMILES string of the molecule is CN(C(=O)OC(C)(C)C)C(CCCO)C(=O)O. The standard InChI is InChI=1S/C11H21NO5/c1-11(2,3)17-10(16)12(4)8(9(14)15)6-5-7-13/h8,13H,5-7H2,1-4H3,(H,14,15). The molecule has 1 unspecified atom stereocenters. The normalized spacial score (nSPS) is 13.0. The Balaban J connectivity index is 4.55. The van der Waals surface area contributed by atoms with E-state index in [4.69, 9.17) is 14.9 Å². The van der Waals surface area contributed by atoms with Gasteiger partial charge in [-0.3, -0.25) is 4.90 Å². The van der Waals surface area contributed by atoms with Gasteiger partial charge in [-0.2, -0.15) is 0 Å². The maximum absolute atomic E-state index is 11.6. The number of amides is 1. The van der Waals surface area contributed by atoms with Gasteiger partial charge in [0.1, 0.15) is 11.6 Å². The lowest BCUT2D eigenvalue weighted by Gasteiger charge is -2.28. The molecule has 6 nitrogen and oxygen atoms in total. The van der Waals surface area contributed by atoms with E-state index < -0.39 is 23.7 Å². The zero-order valence-electron chi connectivity index (χ0n) is 10.8. The van der Waals surface area contributed by atoms with Crippen molar-refractivity contribution in [1.29, 1.82) is 0 Å². The zero-order valence-corrected chi connectivity index (χ0v) is 10.8. The second-order valence-corrected chi connectivity index (χ2v) is 4.81. The molecule has 6 heteroatoms. The summed E-state index contributed by atoms with van der Waals surface area (Å²) >= 11 is 0. The molecule has 17 heavy (non-hydrogen) atoms. The highest BCUT2D eigenvalue weighted by Gasteiger charge is 2.29. The lowest BCUT2D eigenvalue weighted by Crippen LogP contribution is -2.44. The molecule has 0 aromatic carbocycles. The van der Waals surface area contributed by atoms with Gasteiger partial charge in [0, 0.05) is 13.7 Å². The minimum absolute atomic E-state index is 0.105. The Bertz CT molecular complexity index is 272. The first-order valence-electron chi connectivity index (χ1n) is 5.48. The predicted octanol–water partition coefficient (Wildman–Crippen LogP) is 1.08. The quantitative estimate of drug-likeness (QED) is 0.759. The van der Waals surface area contributed by atoms with Crippen molar-refractivity contribution in [3.05, 3.63) is 0 Å². The average Bonchev–Trinajstić information content (AvgIpc) is 2.14. The van der Waals surface area contributed by atoms with Gasteiger partial charge in [0.15, 0.2) is 0 Å². The Morgan fingerprint density at radius 3 is 2.24 bits per heavy atom. The molecule has 0 saturated heterocycles. The molecule has 0 aliphatic heterocycles. The predicted molar refractivity (Wildman–Crippen MR) is 61.7 cm³/mol. The summed E-state index contributed by atoms with van der Waals surface area (Å²) in [6, 6.07) is -0.975. The fourth-order valence-corrected chi connectivity index (χ4v) is 1.23. The molecular weight excluding hydrogens is 226 g/mol. The first-order chi connectivity index (χ1) is 7.69. The number of carbonyl (C=O) groups excluding carboxylic acids is 1.